The Morgan fingerprint density at radius 1 is 1.24 bits per heavy atom. The number of hydrogen-bond acceptors (Lipinski definition) is 2. The zero-order valence-electron chi connectivity index (χ0n) is 11.4. The van der Waals surface area contributed by atoms with Crippen LogP contribution in [0.3, 0.4) is 0 Å². The number of benzene rings is 1. The lowest BCUT2D eigenvalue weighted by molar-refractivity contribution is -0.137. The van der Waals surface area contributed by atoms with Gasteiger partial charge >= 0.3 is 6.18 Å². The van der Waals surface area contributed by atoms with Crippen LogP contribution in [0.4, 0.5) is 13.2 Å². The molecule has 0 aliphatic rings. The summed E-state index contributed by atoms with van der Waals surface area (Å²) in [6, 6.07) is 8.07. The van der Waals surface area contributed by atoms with Gasteiger partial charge in [-0.2, -0.15) is 13.2 Å². The van der Waals surface area contributed by atoms with E-state index in [1.807, 2.05) is 0 Å². The minimum Gasteiger partial charge on any atom is -0.459 e. The molecule has 0 unspecified atom stereocenters. The molecule has 0 bridgehead atoms. The average Bonchev–Trinajstić information content (AvgIpc) is 2.97. The van der Waals surface area contributed by atoms with E-state index in [2.05, 4.69) is 0 Å². The molecule has 0 saturated heterocycles. The van der Waals surface area contributed by atoms with Crippen LogP contribution in [-0.4, -0.2) is 17.4 Å². The number of alkyl halides is 3. The van der Waals surface area contributed by atoms with Crippen molar-refractivity contribution in [1.82, 2.24) is 4.90 Å². The van der Waals surface area contributed by atoms with Crippen molar-refractivity contribution in [2.45, 2.75) is 19.6 Å². The predicted molar refractivity (Wildman–Crippen MR) is 70.6 cm³/mol. The fourth-order valence-corrected chi connectivity index (χ4v) is 1.95. The van der Waals surface area contributed by atoms with E-state index in [4.69, 9.17) is 4.42 Å². The molecule has 1 aromatic heterocycles. The number of carbonyl (C=O) groups is 1. The van der Waals surface area contributed by atoms with Crippen LogP contribution in [0.25, 0.3) is 0 Å². The maximum Gasteiger partial charge on any atom is 0.416 e. The molecule has 0 radical (unpaired) electrons. The lowest BCUT2D eigenvalue weighted by Gasteiger charge is -2.20. The van der Waals surface area contributed by atoms with E-state index < -0.39 is 11.7 Å². The molecular weight excluding hydrogens is 283 g/mol. The first-order valence-electron chi connectivity index (χ1n) is 6.40. The molecule has 2 aromatic rings. The van der Waals surface area contributed by atoms with Gasteiger partial charge in [-0.25, -0.2) is 0 Å². The van der Waals surface area contributed by atoms with E-state index in [1.54, 1.807) is 19.1 Å². The zero-order valence-corrected chi connectivity index (χ0v) is 11.4. The molecule has 2 rings (SSSR count). The smallest absolute Gasteiger partial charge is 0.416 e. The topological polar surface area (TPSA) is 33.5 Å². The Labute approximate surface area is 120 Å². The number of furan rings is 1. The van der Waals surface area contributed by atoms with E-state index >= 15 is 0 Å². The van der Waals surface area contributed by atoms with Gasteiger partial charge in [0.1, 0.15) is 0 Å². The van der Waals surface area contributed by atoms with Gasteiger partial charge in [0.05, 0.1) is 11.8 Å². The minimum absolute atomic E-state index is 0.0972. The fourth-order valence-electron chi connectivity index (χ4n) is 1.95. The molecule has 0 N–H and O–H groups in total. The minimum atomic E-state index is -4.39. The highest BCUT2D eigenvalue weighted by Crippen LogP contribution is 2.29. The van der Waals surface area contributed by atoms with Gasteiger partial charge in [0, 0.05) is 13.1 Å². The number of halogens is 3. The van der Waals surface area contributed by atoms with E-state index in [0.29, 0.717) is 12.1 Å². The number of hydrogen-bond donors (Lipinski definition) is 0. The highest BCUT2D eigenvalue weighted by Gasteiger charge is 2.30. The van der Waals surface area contributed by atoms with Gasteiger partial charge in [-0.3, -0.25) is 4.79 Å². The Balaban J connectivity index is 2.17. The van der Waals surface area contributed by atoms with Crippen LogP contribution in [0.2, 0.25) is 0 Å². The number of rotatable bonds is 4. The Morgan fingerprint density at radius 3 is 2.57 bits per heavy atom. The fraction of sp³-hybridized carbons (Fsp3) is 0.267. The highest BCUT2D eigenvalue weighted by molar-refractivity contribution is 5.91. The van der Waals surface area contributed by atoms with Crippen LogP contribution in [0.5, 0.6) is 0 Å². The van der Waals surface area contributed by atoms with Gasteiger partial charge in [-0.05, 0) is 36.8 Å². The number of nitrogens with zero attached hydrogens (tertiary/aromatic N) is 1. The molecule has 112 valence electrons. The second-order valence-electron chi connectivity index (χ2n) is 4.49. The van der Waals surface area contributed by atoms with Crippen LogP contribution in [-0.2, 0) is 12.7 Å². The maximum absolute atomic E-state index is 12.7. The summed E-state index contributed by atoms with van der Waals surface area (Å²) in [5, 5.41) is 0. The average molecular weight is 297 g/mol. The second-order valence-corrected chi connectivity index (χ2v) is 4.49. The lowest BCUT2D eigenvalue weighted by Crippen LogP contribution is -2.30. The standard InChI is InChI=1S/C15H14F3NO2/c1-2-19(14(20)13-7-4-8-21-13)10-11-5-3-6-12(9-11)15(16,17)18/h3-9H,2,10H2,1H3. The maximum atomic E-state index is 12.7. The van der Waals surface area contributed by atoms with Gasteiger partial charge in [0.25, 0.3) is 5.91 Å². The largest absolute Gasteiger partial charge is 0.459 e. The Kier molecular flexibility index (Phi) is 4.35. The second kappa shape index (κ2) is 6.03. The van der Waals surface area contributed by atoms with Crippen molar-refractivity contribution < 1.29 is 22.4 Å². The highest BCUT2D eigenvalue weighted by atomic mass is 19.4. The van der Waals surface area contributed by atoms with Gasteiger partial charge < -0.3 is 9.32 Å². The molecule has 1 heterocycles. The van der Waals surface area contributed by atoms with Crippen LogP contribution in [0.1, 0.15) is 28.6 Å². The van der Waals surface area contributed by atoms with Crippen molar-refractivity contribution in [1.29, 1.82) is 0 Å². The van der Waals surface area contributed by atoms with Crippen LogP contribution < -0.4 is 0 Å². The zero-order chi connectivity index (χ0) is 15.5. The lowest BCUT2D eigenvalue weighted by atomic mass is 10.1. The summed E-state index contributed by atoms with van der Waals surface area (Å²) >= 11 is 0. The van der Waals surface area contributed by atoms with E-state index in [9.17, 15) is 18.0 Å². The summed E-state index contributed by atoms with van der Waals surface area (Å²) in [5.41, 5.74) is -0.298. The van der Waals surface area contributed by atoms with E-state index in [-0.39, 0.29) is 18.2 Å². The molecule has 3 nitrogen and oxygen atoms in total. The molecular formula is C15H14F3NO2. The summed E-state index contributed by atoms with van der Waals surface area (Å²) in [7, 11) is 0. The third-order valence-corrected chi connectivity index (χ3v) is 3.03. The quantitative estimate of drug-likeness (QED) is 0.856. The Hall–Kier alpha value is -2.24. The first-order valence-corrected chi connectivity index (χ1v) is 6.40. The molecule has 0 fully saturated rings. The van der Waals surface area contributed by atoms with Crippen LogP contribution >= 0.6 is 0 Å². The third-order valence-electron chi connectivity index (χ3n) is 3.03. The van der Waals surface area contributed by atoms with Crippen molar-refractivity contribution in [2.75, 3.05) is 6.54 Å². The van der Waals surface area contributed by atoms with Crippen molar-refractivity contribution in [3.05, 3.63) is 59.5 Å². The molecule has 0 spiro atoms. The molecule has 0 aliphatic heterocycles. The summed E-state index contributed by atoms with van der Waals surface area (Å²) < 4.78 is 43.0. The summed E-state index contributed by atoms with van der Waals surface area (Å²) in [4.78, 5) is 13.6. The summed E-state index contributed by atoms with van der Waals surface area (Å²) in [6.45, 7) is 2.23. The first-order chi connectivity index (χ1) is 9.91. The van der Waals surface area contributed by atoms with Gasteiger partial charge in [0.15, 0.2) is 5.76 Å². The van der Waals surface area contributed by atoms with Gasteiger partial charge in [0.2, 0.25) is 0 Å². The Morgan fingerprint density at radius 2 is 2.00 bits per heavy atom. The Bertz CT molecular complexity index is 606. The first kappa shape index (κ1) is 15.2. The van der Waals surface area contributed by atoms with E-state index in [1.165, 1.54) is 23.3 Å². The number of carbonyl (C=O) groups excluding carboxylic acids is 1. The van der Waals surface area contributed by atoms with Gasteiger partial charge in [-0.15, -0.1) is 0 Å². The molecule has 1 amide bonds. The summed E-state index contributed by atoms with van der Waals surface area (Å²) in [6.07, 6.45) is -3.01. The number of amides is 1. The van der Waals surface area contributed by atoms with Crippen LogP contribution in [0, 0.1) is 0 Å². The van der Waals surface area contributed by atoms with Gasteiger partial charge in [-0.1, -0.05) is 12.1 Å². The van der Waals surface area contributed by atoms with Crippen molar-refractivity contribution in [3.63, 3.8) is 0 Å². The molecule has 0 aliphatic carbocycles. The van der Waals surface area contributed by atoms with Crippen LogP contribution in [0.15, 0.2) is 47.1 Å². The molecule has 6 heteroatoms. The van der Waals surface area contributed by atoms with Crippen molar-refractivity contribution in [2.24, 2.45) is 0 Å². The molecule has 0 atom stereocenters. The predicted octanol–water partition coefficient (Wildman–Crippen LogP) is 3.96. The summed E-state index contributed by atoms with van der Waals surface area (Å²) in [5.74, 6) is -0.177. The monoisotopic (exact) mass is 297 g/mol. The SMILES string of the molecule is CCN(Cc1cccc(C(F)(F)F)c1)C(=O)c1ccco1. The molecule has 0 saturated carbocycles. The normalized spacial score (nSPS) is 11.4. The molecule has 1 aromatic carbocycles. The van der Waals surface area contributed by atoms with Crippen molar-refractivity contribution in [3.8, 4) is 0 Å². The van der Waals surface area contributed by atoms with Crippen molar-refractivity contribution >= 4 is 5.91 Å². The van der Waals surface area contributed by atoms with E-state index in [0.717, 1.165) is 12.1 Å². The third kappa shape index (κ3) is 3.65. The molecule has 21 heavy (non-hydrogen) atoms.